The second-order valence-electron chi connectivity index (χ2n) is 5.36. The zero-order valence-electron chi connectivity index (χ0n) is 11.2. The molecule has 0 aromatic heterocycles. The quantitative estimate of drug-likeness (QED) is 0.870. The van der Waals surface area contributed by atoms with Crippen molar-refractivity contribution in [2.24, 2.45) is 5.92 Å². The third kappa shape index (κ3) is 3.47. The average molecular weight is 263 g/mol. The summed E-state index contributed by atoms with van der Waals surface area (Å²) < 4.78 is 0. The first-order chi connectivity index (χ1) is 9.10. The molecule has 2 atom stereocenters. The molecule has 0 bridgehead atoms. The molecule has 2 rings (SSSR count). The van der Waals surface area contributed by atoms with Crippen LogP contribution in [0.25, 0.3) is 0 Å². The molecule has 4 nitrogen and oxygen atoms in total. The van der Waals surface area contributed by atoms with E-state index in [1.54, 1.807) is 24.3 Å². The third-order valence-corrected chi connectivity index (χ3v) is 3.85. The van der Waals surface area contributed by atoms with Gasteiger partial charge in [0.15, 0.2) is 0 Å². The van der Waals surface area contributed by atoms with Crippen LogP contribution in [-0.2, 0) is 11.2 Å². The van der Waals surface area contributed by atoms with Gasteiger partial charge in [0.1, 0.15) is 5.75 Å². The normalized spacial score (nSPS) is 23.4. The molecule has 1 aromatic rings. The Kier molecular flexibility index (Phi) is 4.43. The Bertz CT molecular complexity index is 430. The number of carbonyl (C=O) groups excluding carboxylic acids is 1. The Labute approximate surface area is 113 Å². The van der Waals surface area contributed by atoms with Crippen LogP contribution in [0.3, 0.4) is 0 Å². The lowest BCUT2D eigenvalue weighted by Gasteiger charge is -2.37. The summed E-state index contributed by atoms with van der Waals surface area (Å²) in [7, 11) is 0. The molecule has 1 aliphatic heterocycles. The second kappa shape index (κ2) is 6.06. The fourth-order valence-corrected chi connectivity index (χ4v) is 2.57. The van der Waals surface area contributed by atoms with Crippen molar-refractivity contribution in [1.82, 2.24) is 4.90 Å². The number of rotatable bonds is 3. The molecule has 19 heavy (non-hydrogen) atoms. The molecule has 0 radical (unpaired) electrons. The van der Waals surface area contributed by atoms with Gasteiger partial charge in [-0.25, -0.2) is 0 Å². The van der Waals surface area contributed by atoms with E-state index < -0.39 is 0 Å². The standard InChI is InChI=1S/C15H21NO3/c1-11-2-3-13(10-17)9-16(11)15(19)8-12-4-6-14(18)7-5-12/h4-7,11,13,17-18H,2-3,8-10H2,1H3. The molecular formula is C15H21NO3. The predicted octanol–water partition coefficient (Wildman–Crippen LogP) is 1.55. The molecule has 2 unspecified atom stereocenters. The van der Waals surface area contributed by atoms with Crippen LogP contribution in [0, 0.1) is 5.92 Å². The minimum Gasteiger partial charge on any atom is -0.508 e. The summed E-state index contributed by atoms with van der Waals surface area (Å²) in [5, 5.41) is 18.5. The summed E-state index contributed by atoms with van der Waals surface area (Å²) in [4.78, 5) is 14.2. The van der Waals surface area contributed by atoms with Gasteiger partial charge in [-0.05, 0) is 43.4 Å². The number of likely N-dealkylation sites (tertiary alicyclic amines) is 1. The van der Waals surface area contributed by atoms with Crippen LogP contribution in [0.15, 0.2) is 24.3 Å². The Morgan fingerprint density at radius 3 is 2.63 bits per heavy atom. The number of carbonyl (C=O) groups is 1. The van der Waals surface area contributed by atoms with Crippen molar-refractivity contribution in [3.63, 3.8) is 0 Å². The highest BCUT2D eigenvalue weighted by Gasteiger charge is 2.28. The number of piperidine rings is 1. The van der Waals surface area contributed by atoms with E-state index in [0.717, 1.165) is 18.4 Å². The van der Waals surface area contributed by atoms with E-state index in [1.165, 1.54) is 0 Å². The largest absolute Gasteiger partial charge is 0.508 e. The summed E-state index contributed by atoms with van der Waals surface area (Å²) in [5.41, 5.74) is 0.904. The maximum Gasteiger partial charge on any atom is 0.227 e. The number of hydrogen-bond acceptors (Lipinski definition) is 3. The topological polar surface area (TPSA) is 60.8 Å². The molecule has 1 amide bonds. The van der Waals surface area contributed by atoms with Crippen LogP contribution < -0.4 is 0 Å². The number of hydrogen-bond donors (Lipinski definition) is 2. The molecule has 104 valence electrons. The Hall–Kier alpha value is -1.55. The van der Waals surface area contributed by atoms with Crippen molar-refractivity contribution >= 4 is 5.91 Å². The highest BCUT2D eigenvalue weighted by Crippen LogP contribution is 2.22. The predicted molar refractivity (Wildman–Crippen MR) is 72.8 cm³/mol. The summed E-state index contributed by atoms with van der Waals surface area (Å²) in [6.07, 6.45) is 2.29. The first-order valence-electron chi connectivity index (χ1n) is 6.78. The highest BCUT2D eigenvalue weighted by molar-refractivity contribution is 5.79. The van der Waals surface area contributed by atoms with E-state index in [9.17, 15) is 15.0 Å². The van der Waals surface area contributed by atoms with Gasteiger partial charge in [-0.3, -0.25) is 4.79 Å². The zero-order chi connectivity index (χ0) is 13.8. The van der Waals surface area contributed by atoms with Crippen LogP contribution in [-0.4, -0.2) is 40.2 Å². The number of amides is 1. The molecule has 0 aliphatic carbocycles. The summed E-state index contributed by atoms with van der Waals surface area (Å²) in [5.74, 6) is 0.513. The van der Waals surface area contributed by atoms with Gasteiger partial charge in [-0.2, -0.15) is 0 Å². The molecule has 1 aromatic carbocycles. The van der Waals surface area contributed by atoms with Crippen LogP contribution in [0.4, 0.5) is 0 Å². The molecule has 1 heterocycles. The number of aliphatic hydroxyl groups is 1. The minimum atomic E-state index is 0.0938. The molecule has 1 saturated heterocycles. The number of nitrogens with zero attached hydrogens (tertiary/aromatic N) is 1. The van der Waals surface area contributed by atoms with Crippen LogP contribution in [0.2, 0.25) is 0 Å². The highest BCUT2D eigenvalue weighted by atomic mass is 16.3. The number of phenols is 1. The number of phenolic OH excluding ortho intramolecular Hbond substituents is 1. The van der Waals surface area contributed by atoms with Crippen LogP contribution in [0.1, 0.15) is 25.3 Å². The number of aliphatic hydroxyl groups excluding tert-OH is 1. The molecule has 4 heteroatoms. The first-order valence-corrected chi connectivity index (χ1v) is 6.78. The molecular weight excluding hydrogens is 242 g/mol. The molecule has 1 fully saturated rings. The lowest BCUT2D eigenvalue weighted by atomic mass is 9.93. The van der Waals surface area contributed by atoms with E-state index >= 15 is 0 Å². The lowest BCUT2D eigenvalue weighted by molar-refractivity contribution is -0.135. The summed E-state index contributed by atoms with van der Waals surface area (Å²) in [6.45, 7) is 2.85. The van der Waals surface area contributed by atoms with Gasteiger partial charge < -0.3 is 15.1 Å². The Morgan fingerprint density at radius 1 is 1.32 bits per heavy atom. The SMILES string of the molecule is CC1CCC(CO)CN1C(=O)Cc1ccc(O)cc1. The van der Waals surface area contributed by atoms with Gasteiger partial charge in [-0.1, -0.05) is 12.1 Å². The van der Waals surface area contributed by atoms with Crippen molar-refractivity contribution in [2.75, 3.05) is 13.2 Å². The van der Waals surface area contributed by atoms with E-state index in [1.807, 2.05) is 4.90 Å². The number of benzene rings is 1. The Balaban J connectivity index is 2.00. The second-order valence-corrected chi connectivity index (χ2v) is 5.36. The van der Waals surface area contributed by atoms with Gasteiger partial charge in [0.05, 0.1) is 6.42 Å². The average Bonchev–Trinajstić information content (AvgIpc) is 2.42. The van der Waals surface area contributed by atoms with Crippen molar-refractivity contribution in [2.45, 2.75) is 32.2 Å². The molecule has 0 spiro atoms. The molecule has 1 aliphatic rings. The Morgan fingerprint density at radius 2 is 2.00 bits per heavy atom. The van der Waals surface area contributed by atoms with Crippen molar-refractivity contribution < 1.29 is 15.0 Å². The fraction of sp³-hybridized carbons (Fsp3) is 0.533. The van der Waals surface area contributed by atoms with Crippen molar-refractivity contribution in [1.29, 1.82) is 0 Å². The van der Waals surface area contributed by atoms with E-state index in [0.29, 0.717) is 13.0 Å². The minimum absolute atomic E-state index is 0.0938. The van der Waals surface area contributed by atoms with Crippen LogP contribution >= 0.6 is 0 Å². The van der Waals surface area contributed by atoms with E-state index in [4.69, 9.17) is 0 Å². The van der Waals surface area contributed by atoms with Gasteiger partial charge in [0.2, 0.25) is 5.91 Å². The monoisotopic (exact) mass is 263 g/mol. The van der Waals surface area contributed by atoms with Gasteiger partial charge in [0, 0.05) is 19.2 Å². The first kappa shape index (κ1) is 13.9. The summed E-state index contributed by atoms with van der Waals surface area (Å²) in [6, 6.07) is 6.97. The van der Waals surface area contributed by atoms with Gasteiger partial charge in [0.25, 0.3) is 0 Å². The van der Waals surface area contributed by atoms with Crippen LogP contribution in [0.5, 0.6) is 5.75 Å². The maximum absolute atomic E-state index is 12.3. The van der Waals surface area contributed by atoms with Gasteiger partial charge in [-0.15, -0.1) is 0 Å². The fourth-order valence-electron chi connectivity index (χ4n) is 2.57. The lowest BCUT2D eigenvalue weighted by Crippen LogP contribution is -2.46. The van der Waals surface area contributed by atoms with E-state index in [2.05, 4.69) is 6.92 Å². The number of aromatic hydroxyl groups is 1. The third-order valence-electron chi connectivity index (χ3n) is 3.85. The van der Waals surface area contributed by atoms with Crippen molar-refractivity contribution in [3.05, 3.63) is 29.8 Å². The smallest absolute Gasteiger partial charge is 0.227 e. The van der Waals surface area contributed by atoms with Gasteiger partial charge >= 0.3 is 0 Å². The summed E-state index contributed by atoms with van der Waals surface area (Å²) >= 11 is 0. The molecule has 2 N–H and O–H groups in total. The zero-order valence-corrected chi connectivity index (χ0v) is 11.2. The molecule has 0 saturated carbocycles. The van der Waals surface area contributed by atoms with Crippen molar-refractivity contribution in [3.8, 4) is 5.75 Å². The maximum atomic E-state index is 12.3. The van der Waals surface area contributed by atoms with E-state index in [-0.39, 0.29) is 30.2 Å².